The minimum Gasteiger partial charge on any atom is -0.439 e. The Labute approximate surface area is 128 Å². The number of hydrogen-bond acceptors (Lipinski definition) is 4. The van der Waals surface area contributed by atoms with E-state index < -0.39 is 0 Å². The second-order valence-corrected chi connectivity index (χ2v) is 5.16. The number of fused-ring (bicyclic) bond motifs is 1. The van der Waals surface area contributed by atoms with Gasteiger partial charge >= 0.3 is 0 Å². The normalized spacial score (nSPS) is 12.5. The predicted molar refractivity (Wildman–Crippen MR) is 82.1 cm³/mol. The summed E-state index contributed by atoms with van der Waals surface area (Å²) in [5, 5.41) is 6.99. The highest BCUT2D eigenvalue weighted by Gasteiger charge is 2.19. The maximum absolute atomic E-state index is 12.3. The van der Waals surface area contributed by atoms with Crippen LogP contribution in [-0.2, 0) is 11.3 Å². The molecule has 3 aromatic rings. The van der Waals surface area contributed by atoms with E-state index in [1.54, 1.807) is 23.1 Å². The van der Waals surface area contributed by atoms with Crippen molar-refractivity contribution in [1.29, 1.82) is 0 Å². The van der Waals surface area contributed by atoms with Crippen LogP contribution < -0.4 is 5.32 Å². The molecule has 1 N–H and O–H groups in total. The summed E-state index contributed by atoms with van der Waals surface area (Å²) in [5.74, 6) is 0.415. The fourth-order valence-electron chi connectivity index (χ4n) is 2.45. The summed E-state index contributed by atoms with van der Waals surface area (Å²) in [4.78, 5) is 16.7. The zero-order valence-electron chi connectivity index (χ0n) is 12.6. The monoisotopic (exact) mass is 298 g/mol. The van der Waals surface area contributed by atoms with Gasteiger partial charge in [-0.15, -0.1) is 0 Å². The number of benzene rings is 1. The van der Waals surface area contributed by atoms with Crippen LogP contribution in [0.5, 0.6) is 0 Å². The third-order valence-electron chi connectivity index (χ3n) is 3.61. The average Bonchev–Trinajstić information content (AvgIpc) is 3.16. The number of nitrogens with one attached hydrogen (secondary N) is 1. The summed E-state index contributed by atoms with van der Waals surface area (Å²) in [5.41, 5.74) is 2.64. The van der Waals surface area contributed by atoms with E-state index in [0.29, 0.717) is 12.3 Å². The molecule has 3 rings (SSSR count). The largest absolute Gasteiger partial charge is 0.439 e. The lowest BCUT2D eigenvalue weighted by Gasteiger charge is -2.14. The van der Waals surface area contributed by atoms with E-state index in [2.05, 4.69) is 15.4 Å². The zero-order chi connectivity index (χ0) is 15.5. The Hall–Kier alpha value is -2.63. The van der Waals surface area contributed by atoms with Gasteiger partial charge in [0.15, 0.2) is 5.58 Å². The Morgan fingerprint density at radius 1 is 1.41 bits per heavy atom. The molecule has 0 unspecified atom stereocenters. The molecule has 1 atom stereocenters. The topological polar surface area (TPSA) is 73.0 Å². The molecule has 0 spiro atoms. The smallest absolute Gasteiger partial charge is 0.245 e. The van der Waals surface area contributed by atoms with Crippen molar-refractivity contribution in [2.24, 2.45) is 0 Å². The van der Waals surface area contributed by atoms with Gasteiger partial charge in [-0.05, 0) is 31.0 Å². The number of oxazole rings is 1. The van der Waals surface area contributed by atoms with Crippen molar-refractivity contribution in [1.82, 2.24) is 20.1 Å². The van der Waals surface area contributed by atoms with Gasteiger partial charge in [0.05, 0.1) is 6.54 Å². The summed E-state index contributed by atoms with van der Waals surface area (Å²) < 4.78 is 7.31. The van der Waals surface area contributed by atoms with Crippen LogP contribution in [0.15, 0.2) is 41.1 Å². The second-order valence-electron chi connectivity index (χ2n) is 5.16. The van der Waals surface area contributed by atoms with E-state index in [1.165, 1.54) is 0 Å². The van der Waals surface area contributed by atoms with Crippen molar-refractivity contribution >= 4 is 17.0 Å². The number of aromatic nitrogens is 3. The number of carbonyl (C=O) groups excluding carboxylic acids is 1. The number of rotatable bonds is 5. The fraction of sp³-hybridized carbons (Fsp3) is 0.312. The highest BCUT2D eigenvalue weighted by atomic mass is 16.3. The van der Waals surface area contributed by atoms with Crippen LogP contribution in [0.1, 0.15) is 30.8 Å². The highest BCUT2D eigenvalue weighted by Crippen LogP contribution is 2.19. The van der Waals surface area contributed by atoms with Crippen LogP contribution >= 0.6 is 0 Å². The third-order valence-corrected chi connectivity index (χ3v) is 3.61. The fourth-order valence-corrected chi connectivity index (χ4v) is 2.45. The Kier molecular flexibility index (Phi) is 3.91. The van der Waals surface area contributed by atoms with Crippen LogP contribution in [0.4, 0.5) is 0 Å². The molecular weight excluding hydrogens is 280 g/mol. The van der Waals surface area contributed by atoms with E-state index >= 15 is 0 Å². The van der Waals surface area contributed by atoms with Gasteiger partial charge in [-0.3, -0.25) is 9.48 Å². The van der Waals surface area contributed by atoms with Gasteiger partial charge < -0.3 is 9.73 Å². The first-order chi connectivity index (χ1) is 10.7. The van der Waals surface area contributed by atoms with E-state index in [0.717, 1.165) is 16.7 Å². The summed E-state index contributed by atoms with van der Waals surface area (Å²) in [7, 11) is 0. The minimum absolute atomic E-state index is 0.0924. The number of nitrogens with zero attached hydrogens (tertiary/aromatic N) is 3. The molecule has 0 aliphatic heterocycles. The summed E-state index contributed by atoms with van der Waals surface area (Å²) >= 11 is 0. The molecule has 0 aliphatic rings. The van der Waals surface area contributed by atoms with Gasteiger partial charge in [0.1, 0.15) is 11.6 Å². The standard InChI is InChI=1S/C16H18N4O2/c1-3-12(20-9-5-8-18-20)16(21)17-10-14-19-15-11(2)6-4-7-13(15)22-14/h4-9,12H,3,10H2,1-2H3,(H,17,21)/t12-/m0/s1. The maximum atomic E-state index is 12.3. The highest BCUT2D eigenvalue weighted by molar-refractivity contribution is 5.80. The number of carbonyl (C=O) groups is 1. The van der Waals surface area contributed by atoms with Crippen LogP contribution in [0, 0.1) is 6.92 Å². The van der Waals surface area contributed by atoms with Crippen molar-refractivity contribution in [3.8, 4) is 0 Å². The minimum atomic E-state index is -0.318. The molecule has 1 amide bonds. The first-order valence-electron chi connectivity index (χ1n) is 7.31. The molecular formula is C16H18N4O2. The number of amides is 1. The number of para-hydroxylation sites is 1. The van der Waals surface area contributed by atoms with Gasteiger partial charge in [-0.2, -0.15) is 5.10 Å². The van der Waals surface area contributed by atoms with Crippen LogP contribution in [0.2, 0.25) is 0 Å². The number of aryl methyl sites for hydroxylation is 1. The predicted octanol–water partition coefficient (Wildman–Crippen LogP) is 2.60. The van der Waals surface area contributed by atoms with Crippen LogP contribution in [0.3, 0.4) is 0 Å². The van der Waals surface area contributed by atoms with Crippen LogP contribution in [-0.4, -0.2) is 20.7 Å². The molecule has 0 fully saturated rings. The first kappa shape index (κ1) is 14.3. The quantitative estimate of drug-likeness (QED) is 0.786. The van der Waals surface area contributed by atoms with Crippen molar-refractivity contribution in [3.05, 3.63) is 48.1 Å². The Morgan fingerprint density at radius 3 is 2.95 bits per heavy atom. The molecule has 1 aromatic carbocycles. The summed E-state index contributed by atoms with van der Waals surface area (Å²) in [6.45, 7) is 4.21. The molecule has 6 nitrogen and oxygen atoms in total. The van der Waals surface area contributed by atoms with Crippen molar-refractivity contribution in [2.45, 2.75) is 32.9 Å². The third kappa shape index (κ3) is 2.72. The van der Waals surface area contributed by atoms with Crippen molar-refractivity contribution < 1.29 is 9.21 Å². The molecule has 22 heavy (non-hydrogen) atoms. The molecule has 0 aliphatic carbocycles. The van der Waals surface area contributed by atoms with Crippen LogP contribution in [0.25, 0.3) is 11.1 Å². The Bertz CT molecular complexity index is 777. The van der Waals surface area contributed by atoms with Crippen molar-refractivity contribution in [3.63, 3.8) is 0 Å². The molecule has 114 valence electrons. The van der Waals surface area contributed by atoms with E-state index in [4.69, 9.17) is 4.42 Å². The molecule has 0 bridgehead atoms. The van der Waals surface area contributed by atoms with E-state index in [9.17, 15) is 4.79 Å². The summed E-state index contributed by atoms with van der Waals surface area (Å²) in [6.07, 6.45) is 4.12. The van der Waals surface area contributed by atoms with Gasteiger partial charge in [0, 0.05) is 12.4 Å². The van der Waals surface area contributed by atoms with Gasteiger partial charge in [0.25, 0.3) is 0 Å². The Balaban J connectivity index is 1.70. The molecule has 0 saturated carbocycles. The lowest BCUT2D eigenvalue weighted by molar-refractivity contribution is -0.125. The Morgan fingerprint density at radius 2 is 2.27 bits per heavy atom. The van der Waals surface area contributed by atoms with E-state index in [-0.39, 0.29) is 18.5 Å². The molecule has 2 aromatic heterocycles. The lowest BCUT2D eigenvalue weighted by atomic mass is 10.2. The molecule has 6 heteroatoms. The molecule has 0 radical (unpaired) electrons. The summed E-state index contributed by atoms with van der Waals surface area (Å²) in [6, 6.07) is 7.27. The maximum Gasteiger partial charge on any atom is 0.245 e. The molecule has 2 heterocycles. The van der Waals surface area contributed by atoms with E-state index in [1.807, 2.05) is 32.0 Å². The number of hydrogen-bond donors (Lipinski definition) is 1. The SMILES string of the molecule is CC[C@@H](C(=O)NCc1nc2c(C)cccc2o1)n1cccn1. The lowest BCUT2D eigenvalue weighted by Crippen LogP contribution is -2.32. The van der Waals surface area contributed by atoms with Gasteiger partial charge in [0.2, 0.25) is 11.8 Å². The van der Waals surface area contributed by atoms with Crippen molar-refractivity contribution in [2.75, 3.05) is 0 Å². The second kappa shape index (κ2) is 6.01. The average molecular weight is 298 g/mol. The van der Waals surface area contributed by atoms with Gasteiger partial charge in [-0.25, -0.2) is 4.98 Å². The van der Waals surface area contributed by atoms with Gasteiger partial charge in [-0.1, -0.05) is 19.1 Å². The first-order valence-corrected chi connectivity index (χ1v) is 7.31. The zero-order valence-corrected chi connectivity index (χ0v) is 12.6. The molecule has 0 saturated heterocycles.